The van der Waals surface area contributed by atoms with Gasteiger partial charge >= 0.3 is 0 Å². The SMILES string of the molecule is CSc1cccc(CC=C(F)CN)c1.Cl. The number of hydrogen-bond donors (Lipinski definition) is 1. The third-order valence-corrected chi connectivity index (χ3v) is 2.61. The van der Waals surface area contributed by atoms with Crippen molar-refractivity contribution in [3.05, 3.63) is 41.7 Å². The van der Waals surface area contributed by atoms with Crippen molar-refractivity contribution in [2.24, 2.45) is 5.73 Å². The molecule has 0 unspecified atom stereocenters. The van der Waals surface area contributed by atoms with Gasteiger partial charge in [-0.05, 0) is 36.4 Å². The summed E-state index contributed by atoms with van der Waals surface area (Å²) in [6, 6.07) is 8.07. The van der Waals surface area contributed by atoms with Gasteiger partial charge in [-0.1, -0.05) is 12.1 Å². The molecule has 0 aromatic heterocycles. The largest absolute Gasteiger partial charge is 0.325 e. The lowest BCUT2D eigenvalue weighted by Crippen LogP contribution is -1.99. The highest BCUT2D eigenvalue weighted by Crippen LogP contribution is 2.16. The van der Waals surface area contributed by atoms with Gasteiger partial charge in [0.2, 0.25) is 0 Å². The van der Waals surface area contributed by atoms with Crippen LogP contribution < -0.4 is 5.73 Å². The molecule has 0 spiro atoms. The summed E-state index contributed by atoms with van der Waals surface area (Å²) >= 11 is 1.68. The molecule has 1 aromatic carbocycles. The fourth-order valence-electron chi connectivity index (χ4n) is 1.11. The van der Waals surface area contributed by atoms with Crippen molar-refractivity contribution < 1.29 is 4.39 Å². The van der Waals surface area contributed by atoms with Crippen LogP contribution in [0.1, 0.15) is 5.56 Å². The second-order valence-corrected chi connectivity index (χ2v) is 3.79. The number of hydrogen-bond acceptors (Lipinski definition) is 2. The minimum absolute atomic E-state index is 0. The van der Waals surface area contributed by atoms with Crippen molar-refractivity contribution >= 4 is 24.2 Å². The lowest BCUT2D eigenvalue weighted by Gasteiger charge is -2.00. The van der Waals surface area contributed by atoms with Gasteiger partial charge in [0.1, 0.15) is 5.83 Å². The molecule has 0 aliphatic carbocycles. The molecule has 15 heavy (non-hydrogen) atoms. The Morgan fingerprint density at radius 2 is 2.27 bits per heavy atom. The summed E-state index contributed by atoms with van der Waals surface area (Å²) in [7, 11) is 0. The van der Waals surface area contributed by atoms with Crippen molar-refractivity contribution in [2.45, 2.75) is 11.3 Å². The van der Waals surface area contributed by atoms with Gasteiger partial charge in [-0.15, -0.1) is 24.2 Å². The first-order chi connectivity index (χ1) is 6.76. The smallest absolute Gasteiger partial charge is 0.110 e. The van der Waals surface area contributed by atoms with Gasteiger partial charge in [0.25, 0.3) is 0 Å². The molecule has 0 aliphatic rings. The summed E-state index contributed by atoms with van der Waals surface area (Å²) in [4.78, 5) is 1.20. The van der Waals surface area contributed by atoms with Gasteiger partial charge in [-0.3, -0.25) is 0 Å². The van der Waals surface area contributed by atoms with Crippen LogP contribution in [0.4, 0.5) is 4.39 Å². The van der Waals surface area contributed by atoms with E-state index in [-0.39, 0.29) is 24.8 Å². The highest BCUT2D eigenvalue weighted by atomic mass is 35.5. The fourth-order valence-corrected chi connectivity index (χ4v) is 1.60. The van der Waals surface area contributed by atoms with Gasteiger partial charge in [-0.25, -0.2) is 4.39 Å². The topological polar surface area (TPSA) is 26.0 Å². The number of benzene rings is 1. The number of nitrogens with two attached hydrogens (primary N) is 1. The predicted molar refractivity (Wildman–Crippen MR) is 67.4 cm³/mol. The van der Waals surface area contributed by atoms with Gasteiger partial charge in [-0.2, -0.15) is 0 Å². The molecule has 0 radical (unpaired) electrons. The molecule has 1 rings (SSSR count). The van der Waals surface area contributed by atoms with E-state index in [1.54, 1.807) is 11.8 Å². The summed E-state index contributed by atoms with van der Waals surface area (Å²) in [5.41, 5.74) is 6.26. The van der Waals surface area contributed by atoms with Gasteiger partial charge in [0.05, 0.1) is 0 Å². The molecule has 0 saturated heterocycles. The molecule has 1 aromatic rings. The highest BCUT2D eigenvalue weighted by Gasteiger charge is 1.94. The normalized spacial score (nSPS) is 11.0. The Balaban J connectivity index is 0.00000196. The maximum Gasteiger partial charge on any atom is 0.110 e. The molecule has 4 heteroatoms. The van der Waals surface area contributed by atoms with Crippen LogP contribution in [0.2, 0.25) is 0 Å². The number of halogens is 2. The van der Waals surface area contributed by atoms with Crippen LogP contribution in [-0.2, 0) is 6.42 Å². The monoisotopic (exact) mass is 247 g/mol. The maximum atomic E-state index is 12.7. The van der Waals surface area contributed by atoms with Crippen LogP contribution in [0, 0.1) is 0 Å². The van der Waals surface area contributed by atoms with E-state index < -0.39 is 0 Å². The first kappa shape index (κ1) is 14.5. The maximum absolute atomic E-state index is 12.7. The van der Waals surface area contributed by atoms with Crippen molar-refractivity contribution in [2.75, 3.05) is 12.8 Å². The quantitative estimate of drug-likeness (QED) is 0.827. The molecule has 84 valence electrons. The molecule has 2 N–H and O–H groups in total. The minimum atomic E-state index is -0.250. The summed E-state index contributed by atoms with van der Waals surface area (Å²) in [6.07, 6.45) is 4.16. The minimum Gasteiger partial charge on any atom is -0.325 e. The summed E-state index contributed by atoms with van der Waals surface area (Å²) in [5, 5.41) is 0. The van der Waals surface area contributed by atoms with Crippen LogP contribution in [0.3, 0.4) is 0 Å². The number of allylic oxidation sites excluding steroid dienone is 1. The Morgan fingerprint density at radius 1 is 1.53 bits per heavy atom. The zero-order valence-corrected chi connectivity index (χ0v) is 10.2. The first-order valence-corrected chi connectivity index (χ1v) is 5.66. The summed E-state index contributed by atoms with van der Waals surface area (Å²) < 4.78 is 12.7. The zero-order valence-electron chi connectivity index (χ0n) is 8.57. The molecule has 0 heterocycles. The Kier molecular flexibility index (Phi) is 7.48. The Bertz CT molecular complexity index is 328. The van der Waals surface area contributed by atoms with E-state index in [2.05, 4.69) is 6.07 Å². The summed E-state index contributed by atoms with van der Waals surface area (Å²) in [5.74, 6) is -0.250. The van der Waals surface area contributed by atoms with E-state index in [1.165, 1.54) is 11.0 Å². The highest BCUT2D eigenvalue weighted by molar-refractivity contribution is 7.98. The fraction of sp³-hybridized carbons (Fsp3) is 0.273. The predicted octanol–water partition coefficient (Wildman–Crippen LogP) is 3.18. The lowest BCUT2D eigenvalue weighted by molar-refractivity contribution is 0.614. The zero-order chi connectivity index (χ0) is 10.4. The molecule has 0 aliphatic heterocycles. The van der Waals surface area contributed by atoms with Gasteiger partial charge in [0.15, 0.2) is 0 Å². The molecule has 0 bridgehead atoms. The molecule has 0 fully saturated rings. The Labute approximate surface area is 100 Å². The lowest BCUT2D eigenvalue weighted by atomic mass is 10.1. The van der Waals surface area contributed by atoms with Gasteiger partial charge in [0, 0.05) is 11.4 Å². The molecule has 0 saturated carbocycles. The van der Waals surface area contributed by atoms with E-state index in [9.17, 15) is 4.39 Å². The van der Waals surface area contributed by atoms with Crippen LogP contribution in [-0.4, -0.2) is 12.8 Å². The molecule has 1 nitrogen and oxygen atoms in total. The second kappa shape index (κ2) is 7.74. The average Bonchev–Trinajstić information content (AvgIpc) is 2.26. The number of thioether (sulfide) groups is 1. The van der Waals surface area contributed by atoms with Crippen LogP contribution >= 0.6 is 24.2 Å². The molecule has 0 amide bonds. The molecular formula is C11H15ClFNS. The van der Waals surface area contributed by atoms with Gasteiger partial charge < -0.3 is 5.73 Å². The van der Waals surface area contributed by atoms with Crippen LogP contribution in [0.25, 0.3) is 0 Å². The van der Waals surface area contributed by atoms with Crippen molar-refractivity contribution in [3.8, 4) is 0 Å². The number of rotatable bonds is 4. The van der Waals surface area contributed by atoms with E-state index in [0.717, 1.165) is 5.56 Å². The van der Waals surface area contributed by atoms with Crippen molar-refractivity contribution in [1.82, 2.24) is 0 Å². The van der Waals surface area contributed by atoms with Crippen molar-refractivity contribution in [1.29, 1.82) is 0 Å². The van der Waals surface area contributed by atoms with E-state index >= 15 is 0 Å². The Morgan fingerprint density at radius 3 is 2.87 bits per heavy atom. The standard InChI is InChI=1S/C11H14FNS.ClH/c1-14-11-4-2-3-9(7-11)5-6-10(12)8-13;/h2-4,6-7H,5,8,13H2,1H3;1H. The third kappa shape index (κ3) is 5.21. The summed E-state index contributed by atoms with van der Waals surface area (Å²) in [6.45, 7) is -0.0117. The first-order valence-electron chi connectivity index (χ1n) is 4.44. The average molecular weight is 248 g/mol. The van der Waals surface area contributed by atoms with Crippen molar-refractivity contribution in [3.63, 3.8) is 0 Å². The molecule has 0 atom stereocenters. The van der Waals surface area contributed by atoms with E-state index in [1.807, 2.05) is 24.5 Å². The van der Waals surface area contributed by atoms with E-state index in [4.69, 9.17) is 5.73 Å². The van der Waals surface area contributed by atoms with E-state index in [0.29, 0.717) is 6.42 Å². The Hall–Kier alpha value is -0.510. The second-order valence-electron chi connectivity index (χ2n) is 2.91. The third-order valence-electron chi connectivity index (χ3n) is 1.89. The van der Waals surface area contributed by atoms with Crippen LogP contribution in [0.5, 0.6) is 0 Å². The molecular weight excluding hydrogens is 233 g/mol. The van der Waals surface area contributed by atoms with Crippen LogP contribution in [0.15, 0.2) is 41.1 Å².